The lowest BCUT2D eigenvalue weighted by atomic mass is 10.1. The molecular weight excluding hydrogens is 240 g/mol. The molecule has 0 aliphatic heterocycles. The minimum atomic E-state index is -0.944. The Bertz CT molecular complexity index is 595. The van der Waals surface area contributed by atoms with Gasteiger partial charge in [0.05, 0.1) is 0 Å². The van der Waals surface area contributed by atoms with Gasteiger partial charge in [0.1, 0.15) is 5.82 Å². The van der Waals surface area contributed by atoms with E-state index in [9.17, 15) is 4.79 Å². The van der Waals surface area contributed by atoms with E-state index in [1.165, 1.54) is 0 Å². The molecule has 0 radical (unpaired) electrons. The molecule has 0 unspecified atom stereocenters. The van der Waals surface area contributed by atoms with Gasteiger partial charge in [-0.15, -0.1) is 0 Å². The molecule has 1 aromatic heterocycles. The van der Waals surface area contributed by atoms with E-state index in [0.717, 1.165) is 23.2 Å². The zero-order valence-corrected chi connectivity index (χ0v) is 10.9. The molecule has 98 valence electrons. The summed E-state index contributed by atoms with van der Waals surface area (Å²) in [5, 5.41) is 8.58. The van der Waals surface area contributed by atoms with Crippen LogP contribution in [0, 0.1) is 0 Å². The van der Waals surface area contributed by atoms with Gasteiger partial charge in [-0.25, -0.2) is 9.78 Å². The van der Waals surface area contributed by atoms with Crippen molar-refractivity contribution in [3.8, 4) is 5.69 Å². The summed E-state index contributed by atoms with van der Waals surface area (Å²) in [6.07, 6.45) is 6.42. The Hall–Kier alpha value is -2.36. The number of aromatic nitrogens is 2. The van der Waals surface area contributed by atoms with E-state index in [1.807, 2.05) is 35.0 Å². The SMILES string of the molecule is CC(C)c1nccn1-c1ccc(C=CC(=O)O)cc1. The van der Waals surface area contributed by atoms with Gasteiger partial charge in [-0.2, -0.15) is 0 Å². The molecule has 0 atom stereocenters. The van der Waals surface area contributed by atoms with Crippen molar-refractivity contribution in [2.24, 2.45) is 0 Å². The van der Waals surface area contributed by atoms with E-state index in [1.54, 1.807) is 12.3 Å². The highest BCUT2D eigenvalue weighted by atomic mass is 16.4. The first-order valence-corrected chi connectivity index (χ1v) is 6.12. The molecule has 4 heteroatoms. The van der Waals surface area contributed by atoms with E-state index in [4.69, 9.17) is 5.11 Å². The molecule has 0 aliphatic carbocycles. The molecule has 0 spiro atoms. The number of benzene rings is 1. The Balaban J connectivity index is 2.27. The summed E-state index contributed by atoms with van der Waals surface area (Å²) in [5.41, 5.74) is 1.88. The maximum atomic E-state index is 10.4. The molecular formula is C15H16N2O2. The molecule has 2 rings (SSSR count). The number of aliphatic carboxylic acids is 1. The van der Waals surface area contributed by atoms with E-state index < -0.39 is 5.97 Å². The van der Waals surface area contributed by atoms with Crippen LogP contribution in [-0.2, 0) is 4.79 Å². The van der Waals surface area contributed by atoms with Crippen molar-refractivity contribution in [2.75, 3.05) is 0 Å². The summed E-state index contributed by atoms with van der Waals surface area (Å²) in [4.78, 5) is 14.8. The average molecular weight is 256 g/mol. The molecule has 0 aliphatic rings. The van der Waals surface area contributed by atoms with Crippen LogP contribution in [0.5, 0.6) is 0 Å². The van der Waals surface area contributed by atoms with Crippen molar-refractivity contribution >= 4 is 12.0 Å². The second kappa shape index (κ2) is 5.52. The number of nitrogens with zero attached hydrogens (tertiary/aromatic N) is 2. The fraction of sp³-hybridized carbons (Fsp3) is 0.200. The van der Waals surface area contributed by atoms with Gasteiger partial charge in [-0.05, 0) is 23.8 Å². The molecule has 0 amide bonds. The van der Waals surface area contributed by atoms with Gasteiger partial charge in [0, 0.05) is 30.1 Å². The van der Waals surface area contributed by atoms with Crippen molar-refractivity contribution in [2.45, 2.75) is 19.8 Å². The van der Waals surface area contributed by atoms with E-state index in [2.05, 4.69) is 18.8 Å². The lowest BCUT2D eigenvalue weighted by molar-refractivity contribution is -0.131. The lowest BCUT2D eigenvalue weighted by Crippen LogP contribution is -2.02. The fourth-order valence-corrected chi connectivity index (χ4v) is 1.87. The average Bonchev–Trinajstić information content (AvgIpc) is 2.86. The van der Waals surface area contributed by atoms with Gasteiger partial charge in [-0.1, -0.05) is 26.0 Å². The fourth-order valence-electron chi connectivity index (χ4n) is 1.87. The van der Waals surface area contributed by atoms with E-state index in [0.29, 0.717) is 5.92 Å². The Morgan fingerprint density at radius 1 is 1.32 bits per heavy atom. The monoisotopic (exact) mass is 256 g/mol. The topological polar surface area (TPSA) is 55.1 Å². The second-order valence-electron chi connectivity index (χ2n) is 4.57. The molecule has 0 saturated carbocycles. The minimum Gasteiger partial charge on any atom is -0.478 e. The summed E-state index contributed by atoms with van der Waals surface area (Å²) in [5.74, 6) is 0.413. The number of carboxylic acid groups (broad SMARTS) is 1. The quantitative estimate of drug-likeness (QED) is 0.855. The predicted molar refractivity (Wildman–Crippen MR) is 74.3 cm³/mol. The zero-order chi connectivity index (χ0) is 13.8. The molecule has 1 aromatic carbocycles. The van der Waals surface area contributed by atoms with Crippen LogP contribution < -0.4 is 0 Å². The summed E-state index contributed by atoms with van der Waals surface area (Å²) in [6, 6.07) is 7.68. The van der Waals surface area contributed by atoms with Crippen LogP contribution >= 0.6 is 0 Å². The van der Waals surface area contributed by atoms with Gasteiger partial charge in [0.2, 0.25) is 0 Å². The Kier molecular flexibility index (Phi) is 3.80. The van der Waals surface area contributed by atoms with Crippen molar-refractivity contribution in [1.82, 2.24) is 9.55 Å². The summed E-state index contributed by atoms with van der Waals surface area (Å²) >= 11 is 0. The largest absolute Gasteiger partial charge is 0.478 e. The number of hydrogen-bond donors (Lipinski definition) is 1. The van der Waals surface area contributed by atoms with Crippen LogP contribution in [0.1, 0.15) is 31.2 Å². The highest BCUT2D eigenvalue weighted by Gasteiger charge is 2.08. The Morgan fingerprint density at radius 3 is 2.58 bits per heavy atom. The van der Waals surface area contributed by atoms with Crippen LogP contribution in [0.25, 0.3) is 11.8 Å². The first kappa shape index (κ1) is 13.1. The number of carboxylic acids is 1. The molecule has 0 saturated heterocycles. The maximum absolute atomic E-state index is 10.4. The number of rotatable bonds is 4. The lowest BCUT2D eigenvalue weighted by Gasteiger charge is -2.10. The predicted octanol–water partition coefficient (Wildman–Crippen LogP) is 3.09. The standard InChI is InChI=1S/C15H16N2O2/c1-11(2)15-16-9-10-17(15)13-6-3-12(4-7-13)5-8-14(18)19/h3-11H,1-2H3,(H,18,19). The minimum absolute atomic E-state index is 0.349. The third-order valence-corrected chi connectivity index (χ3v) is 2.78. The van der Waals surface area contributed by atoms with Crippen LogP contribution in [0.3, 0.4) is 0 Å². The third kappa shape index (κ3) is 3.10. The van der Waals surface area contributed by atoms with Gasteiger partial charge in [-0.3, -0.25) is 0 Å². The van der Waals surface area contributed by atoms with Gasteiger partial charge < -0.3 is 9.67 Å². The first-order valence-electron chi connectivity index (χ1n) is 6.12. The second-order valence-corrected chi connectivity index (χ2v) is 4.57. The zero-order valence-electron chi connectivity index (χ0n) is 10.9. The van der Waals surface area contributed by atoms with Gasteiger partial charge >= 0.3 is 5.97 Å². The summed E-state index contributed by atoms with van der Waals surface area (Å²) in [7, 11) is 0. The van der Waals surface area contributed by atoms with Gasteiger partial charge in [0.25, 0.3) is 0 Å². The van der Waals surface area contributed by atoms with Crippen molar-refractivity contribution in [3.05, 3.63) is 54.1 Å². The van der Waals surface area contributed by atoms with Crippen LogP contribution in [0.4, 0.5) is 0 Å². The van der Waals surface area contributed by atoms with Crippen LogP contribution in [0.2, 0.25) is 0 Å². The molecule has 0 bridgehead atoms. The Morgan fingerprint density at radius 2 is 2.00 bits per heavy atom. The first-order chi connectivity index (χ1) is 9.08. The summed E-state index contributed by atoms with van der Waals surface area (Å²) < 4.78 is 2.04. The highest BCUT2D eigenvalue weighted by molar-refractivity contribution is 5.85. The number of hydrogen-bond acceptors (Lipinski definition) is 2. The van der Waals surface area contributed by atoms with Crippen molar-refractivity contribution < 1.29 is 9.90 Å². The van der Waals surface area contributed by atoms with Crippen molar-refractivity contribution in [1.29, 1.82) is 0 Å². The van der Waals surface area contributed by atoms with Crippen LogP contribution in [0.15, 0.2) is 42.7 Å². The third-order valence-electron chi connectivity index (χ3n) is 2.78. The molecule has 0 fully saturated rings. The molecule has 2 aromatic rings. The number of imidazole rings is 1. The maximum Gasteiger partial charge on any atom is 0.328 e. The van der Waals surface area contributed by atoms with Gasteiger partial charge in [0.15, 0.2) is 0 Å². The van der Waals surface area contributed by atoms with E-state index >= 15 is 0 Å². The molecule has 4 nitrogen and oxygen atoms in total. The van der Waals surface area contributed by atoms with E-state index in [-0.39, 0.29) is 0 Å². The van der Waals surface area contributed by atoms with Crippen LogP contribution in [-0.4, -0.2) is 20.6 Å². The molecule has 1 heterocycles. The Labute approximate surface area is 112 Å². The normalized spacial score (nSPS) is 11.3. The van der Waals surface area contributed by atoms with Crippen molar-refractivity contribution in [3.63, 3.8) is 0 Å². The molecule has 19 heavy (non-hydrogen) atoms. The number of carbonyl (C=O) groups is 1. The highest BCUT2D eigenvalue weighted by Crippen LogP contribution is 2.18. The molecule has 1 N–H and O–H groups in total. The smallest absolute Gasteiger partial charge is 0.328 e. The summed E-state index contributed by atoms with van der Waals surface area (Å²) in [6.45, 7) is 4.20.